The Labute approximate surface area is 136 Å². The largest absolute Gasteiger partial charge is 0.494 e. The summed E-state index contributed by atoms with van der Waals surface area (Å²) in [6.07, 6.45) is 3.63. The van der Waals surface area contributed by atoms with Gasteiger partial charge in [0.1, 0.15) is 5.75 Å². The Morgan fingerprint density at radius 1 is 1.20 bits per heavy atom. The van der Waals surface area contributed by atoms with E-state index in [1.807, 2.05) is 24.5 Å². The molecule has 106 valence electrons. The number of aromatic nitrogens is 1. The van der Waals surface area contributed by atoms with Crippen LogP contribution < -0.4 is 10.1 Å². The molecule has 0 aliphatic rings. The molecule has 0 saturated carbocycles. The van der Waals surface area contributed by atoms with Crippen LogP contribution in [0, 0.1) is 0 Å². The minimum Gasteiger partial charge on any atom is -0.494 e. The number of benzene rings is 1. The molecule has 1 N–H and O–H groups in total. The van der Waals surface area contributed by atoms with Gasteiger partial charge in [-0.15, -0.1) is 0 Å². The normalized spacial score (nSPS) is 12.2. The Bertz CT molecular complexity index is 552. The highest BCUT2D eigenvalue weighted by Crippen LogP contribution is 2.34. The summed E-state index contributed by atoms with van der Waals surface area (Å²) in [6, 6.07) is 8.46. The maximum Gasteiger partial charge on any atom is 0.147 e. The van der Waals surface area contributed by atoms with E-state index in [1.165, 1.54) is 11.1 Å². The van der Waals surface area contributed by atoms with Crippen molar-refractivity contribution in [1.29, 1.82) is 0 Å². The molecular formula is C15H16Br2N2O. The minimum atomic E-state index is 0.276. The minimum absolute atomic E-state index is 0.276. The SMILES string of the molecule is COc1c(Br)cc(CNC(C)c2ccncc2)cc1Br. The lowest BCUT2D eigenvalue weighted by atomic mass is 10.1. The van der Waals surface area contributed by atoms with E-state index in [0.717, 1.165) is 21.2 Å². The van der Waals surface area contributed by atoms with E-state index < -0.39 is 0 Å². The number of methoxy groups -OCH3 is 1. The molecule has 0 fully saturated rings. The van der Waals surface area contributed by atoms with Crippen molar-refractivity contribution >= 4 is 31.9 Å². The van der Waals surface area contributed by atoms with Crippen LogP contribution in [0.4, 0.5) is 0 Å². The van der Waals surface area contributed by atoms with Gasteiger partial charge >= 0.3 is 0 Å². The van der Waals surface area contributed by atoms with Crippen LogP contribution in [0.2, 0.25) is 0 Å². The third-order valence-corrected chi connectivity index (χ3v) is 4.26. The smallest absolute Gasteiger partial charge is 0.147 e. The van der Waals surface area contributed by atoms with Crippen molar-refractivity contribution in [1.82, 2.24) is 10.3 Å². The molecule has 0 aliphatic carbocycles. The van der Waals surface area contributed by atoms with Crippen LogP contribution in [0.25, 0.3) is 0 Å². The van der Waals surface area contributed by atoms with E-state index in [2.05, 4.69) is 61.2 Å². The molecule has 2 aromatic rings. The number of rotatable bonds is 5. The van der Waals surface area contributed by atoms with Crippen molar-refractivity contribution in [3.8, 4) is 5.75 Å². The average Bonchev–Trinajstić information content (AvgIpc) is 2.45. The molecule has 0 saturated heterocycles. The zero-order chi connectivity index (χ0) is 14.5. The van der Waals surface area contributed by atoms with Gasteiger partial charge in [0, 0.05) is 25.0 Å². The highest BCUT2D eigenvalue weighted by Gasteiger charge is 2.09. The Morgan fingerprint density at radius 3 is 2.35 bits per heavy atom. The molecule has 3 nitrogen and oxygen atoms in total. The standard InChI is InChI=1S/C15H16Br2N2O/c1-10(12-3-5-18-6-4-12)19-9-11-7-13(16)15(20-2)14(17)8-11/h3-8,10,19H,9H2,1-2H3. The summed E-state index contributed by atoms with van der Waals surface area (Å²) in [5.74, 6) is 0.816. The quantitative estimate of drug-likeness (QED) is 0.805. The molecule has 20 heavy (non-hydrogen) atoms. The van der Waals surface area contributed by atoms with E-state index in [4.69, 9.17) is 4.74 Å². The monoisotopic (exact) mass is 398 g/mol. The average molecular weight is 400 g/mol. The molecule has 0 bridgehead atoms. The van der Waals surface area contributed by atoms with Crippen molar-refractivity contribution in [3.63, 3.8) is 0 Å². The van der Waals surface area contributed by atoms with E-state index >= 15 is 0 Å². The fourth-order valence-corrected chi connectivity index (χ4v) is 3.56. The van der Waals surface area contributed by atoms with Crippen LogP contribution in [0.1, 0.15) is 24.1 Å². The van der Waals surface area contributed by atoms with Crippen molar-refractivity contribution in [2.45, 2.75) is 19.5 Å². The first-order chi connectivity index (χ1) is 9.61. The van der Waals surface area contributed by atoms with E-state index in [1.54, 1.807) is 7.11 Å². The summed E-state index contributed by atoms with van der Waals surface area (Å²) in [5, 5.41) is 3.50. The second kappa shape index (κ2) is 7.20. The fraction of sp³-hybridized carbons (Fsp3) is 0.267. The number of pyridine rings is 1. The van der Waals surface area contributed by atoms with Crippen molar-refractivity contribution in [3.05, 3.63) is 56.7 Å². The lowest BCUT2D eigenvalue weighted by molar-refractivity contribution is 0.409. The van der Waals surface area contributed by atoms with Crippen LogP contribution in [0.3, 0.4) is 0 Å². The van der Waals surface area contributed by atoms with Gasteiger partial charge in [-0.25, -0.2) is 0 Å². The molecule has 0 radical (unpaired) electrons. The highest BCUT2D eigenvalue weighted by molar-refractivity contribution is 9.11. The van der Waals surface area contributed by atoms with Gasteiger partial charge in [0.05, 0.1) is 16.1 Å². The molecule has 1 unspecified atom stereocenters. The molecule has 5 heteroatoms. The maximum absolute atomic E-state index is 5.30. The third kappa shape index (κ3) is 3.81. The first-order valence-electron chi connectivity index (χ1n) is 6.27. The summed E-state index contributed by atoms with van der Waals surface area (Å²) in [5.41, 5.74) is 2.41. The Kier molecular flexibility index (Phi) is 5.57. The summed E-state index contributed by atoms with van der Waals surface area (Å²) in [4.78, 5) is 4.03. The summed E-state index contributed by atoms with van der Waals surface area (Å²) in [6.45, 7) is 2.92. The van der Waals surface area contributed by atoms with E-state index in [0.29, 0.717) is 0 Å². The van der Waals surface area contributed by atoms with Crippen LogP contribution in [0.15, 0.2) is 45.6 Å². The molecular weight excluding hydrogens is 384 g/mol. The van der Waals surface area contributed by atoms with Crippen molar-refractivity contribution in [2.24, 2.45) is 0 Å². The second-order valence-electron chi connectivity index (χ2n) is 4.48. The maximum atomic E-state index is 5.30. The number of hydrogen-bond donors (Lipinski definition) is 1. The van der Waals surface area contributed by atoms with Crippen molar-refractivity contribution in [2.75, 3.05) is 7.11 Å². The molecule has 2 rings (SSSR count). The molecule has 0 aliphatic heterocycles. The number of nitrogens with one attached hydrogen (secondary N) is 1. The highest BCUT2D eigenvalue weighted by atomic mass is 79.9. The van der Waals surface area contributed by atoms with Crippen molar-refractivity contribution < 1.29 is 4.74 Å². The zero-order valence-corrected chi connectivity index (χ0v) is 14.5. The van der Waals surface area contributed by atoms with Gasteiger partial charge in [0.25, 0.3) is 0 Å². The van der Waals surface area contributed by atoms with Gasteiger partial charge in [-0.3, -0.25) is 4.98 Å². The molecule has 1 heterocycles. The summed E-state index contributed by atoms with van der Waals surface area (Å²) in [7, 11) is 1.66. The van der Waals surface area contributed by atoms with Gasteiger partial charge in [0.15, 0.2) is 0 Å². The predicted octanol–water partition coefficient (Wildman–Crippen LogP) is 4.47. The van der Waals surface area contributed by atoms with Gasteiger partial charge < -0.3 is 10.1 Å². The zero-order valence-electron chi connectivity index (χ0n) is 11.4. The van der Waals surface area contributed by atoms with Gasteiger partial charge in [-0.05, 0) is 74.2 Å². The first-order valence-corrected chi connectivity index (χ1v) is 7.85. The lowest BCUT2D eigenvalue weighted by Crippen LogP contribution is -2.18. The Hall–Kier alpha value is -0.910. The summed E-state index contributed by atoms with van der Waals surface area (Å²) >= 11 is 7.04. The van der Waals surface area contributed by atoms with Gasteiger partial charge in [-0.2, -0.15) is 0 Å². The number of halogens is 2. The van der Waals surface area contributed by atoms with E-state index in [-0.39, 0.29) is 6.04 Å². The van der Waals surface area contributed by atoms with Gasteiger partial charge in [0.2, 0.25) is 0 Å². The lowest BCUT2D eigenvalue weighted by Gasteiger charge is -2.15. The Balaban J connectivity index is 2.04. The topological polar surface area (TPSA) is 34.1 Å². The number of nitrogens with zero attached hydrogens (tertiary/aromatic N) is 1. The van der Waals surface area contributed by atoms with Crippen LogP contribution in [0.5, 0.6) is 5.75 Å². The number of ether oxygens (including phenoxy) is 1. The van der Waals surface area contributed by atoms with Crippen LogP contribution in [-0.2, 0) is 6.54 Å². The molecule has 0 amide bonds. The van der Waals surface area contributed by atoms with Crippen LogP contribution >= 0.6 is 31.9 Å². The van der Waals surface area contributed by atoms with E-state index in [9.17, 15) is 0 Å². The molecule has 1 atom stereocenters. The first kappa shape index (κ1) is 15.5. The second-order valence-corrected chi connectivity index (χ2v) is 6.18. The molecule has 1 aromatic heterocycles. The molecule has 0 spiro atoms. The fourth-order valence-electron chi connectivity index (χ4n) is 1.95. The van der Waals surface area contributed by atoms with Gasteiger partial charge in [-0.1, -0.05) is 0 Å². The summed E-state index contributed by atoms with van der Waals surface area (Å²) < 4.78 is 7.20. The number of hydrogen-bond acceptors (Lipinski definition) is 3. The Morgan fingerprint density at radius 2 is 1.80 bits per heavy atom. The van der Waals surface area contributed by atoms with Crippen LogP contribution in [-0.4, -0.2) is 12.1 Å². The third-order valence-electron chi connectivity index (χ3n) is 3.08. The molecule has 1 aromatic carbocycles. The predicted molar refractivity (Wildman–Crippen MR) is 87.9 cm³/mol.